The third-order valence-electron chi connectivity index (χ3n) is 3.02. The minimum Gasteiger partial charge on any atom is -0.478 e. The Balaban J connectivity index is 2.08. The molecule has 5 nitrogen and oxygen atoms in total. The van der Waals surface area contributed by atoms with E-state index in [0.717, 1.165) is 22.8 Å². The lowest BCUT2D eigenvalue weighted by molar-refractivity contribution is 0.327. The summed E-state index contributed by atoms with van der Waals surface area (Å²) in [6.45, 7) is 8.54. The van der Waals surface area contributed by atoms with Gasteiger partial charge in [-0.1, -0.05) is 0 Å². The summed E-state index contributed by atoms with van der Waals surface area (Å²) < 4.78 is 5.32. The van der Waals surface area contributed by atoms with Crippen LogP contribution in [0.25, 0.3) is 0 Å². The zero-order valence-corrected chi connectivity index (χ0v) is 12.3. The molecule has 1 atom stereocenters. The highest BCUT2D eigenvalue weighted by molar-refractivity contribution is 5.44. The molecule has 0 aliphatic heterocycles. The van der Waals surface area contributed by atoms with Gasteiger partial charge in [-0.15, -0.1) is 0 Å². The highest BCUT2D eigenvalue weighted by atomic mass is 16.5. The Bertz CT molecular complexity index is 569. The van der Waals surface area contributed by atoms with Crippen molar-refractivity contribution in [2.45, 2.75) is 33.7 Å². The lowest BCUT2D eigenvalue weighted by Gasteiger charge is -2.17. The fourth-order valence-electron chi connectivity index (χ4n) is 2.04. The summed E-state index contributed by atoms with van der Waals surface area (Å²) in [5, 5.41) is 3.39. The van der Waals surface area contributed by atoms with Crippen LogP contribution in [0.5, 0.6) is 5.88 Å². The number of anilines is 1. The first-order valence-electron chi connectivity index (χ1n) is 6.75. The monoisotopic (exact) mass is 272 g/mol. The Morgan fingerprint density at radius 1 is 1.20 bits per heavy atom. The maximum absolute atomic E-state index is 5.32. The smallest absolute Gasteiger partial charge is 0.213 e. The lowest BCUT2D eigenvalue weighted by Crippen LogP contribution is -2.10. The van der Waals surface area contributed by atoms with Gasteiger partial charge in [0.1, 0.15) is 5.82 Å². The Morgan fingerprint density at radius 2 is 2.00 bits per heavy atom. The number of hydrogen-bond acceptors (Lipinski definition) is 5. The molecular weight excluding hydrogens is 252 g/mol. The van der Waals surface area contributed by atoms with Gasteiger partial charge in [-0.3, -0.25) is 0 Å². The van der Waals surface area contributed by atoms with Crippen LogP contribution >= 0.6 is 0 Å². The summed E-state index contributed by atoms with van der Waals surface area (Å²) in [5.41, 5.74) is 3.03. The molecular formula is C15H20N4O. The molecule has 0 aliphatic carbocycles. The van der Waals surface area contributed by atoms with Crippen LogP contribution in [-0.2, 0) is 0 Å². The maximum Gasteiger partial charge on any atom is 0.213 e. The highest BCUT2D eigenvalue weighted by Crippen LogP contribution is 2.21. The highest BCUT2D eigenvalue weighted by Gasteiger charge is 2.10. The Morgan fingerprint density at radius 3 is 2.60 bits per heavy atom. The first kappa shape index (κ1) is 14.2. The van der Waals surface area contributed by atoms with Crippen LogP contribution in [0.1, 0.15) is 37.0 Å². The van der Waals surface area contributed by atoms with Crippen molar-refractivity contribution in [1.82, 2.24) is 15.0 Å². The fraction of sp³-hybridized carbons (Fsp3) is 0.400. The van der Waals surface area contributed by atoms with Crippen molar-refractivity contribution in [3.63, 3.8) is 0 Å². The molecule has 0 aromatic carbocycles. The van der Waals surface area contributed by atoms with Crippen molar-refractivity contribution < 1.29 is 4.74 Å². The van der Waals surface area contributed by atoms with Crippen LogP contribution in [0, 0.1) is 13.8 Å². The van der Waals surface area contributed by atoms with Gasteiger partial charge in [0, 0.05) is 23.5 Å². The molecule has 2 rings (SSSR count). The Kier molecular flexibility index (Phi) is 4.50. The third kappa shape index (κ3) is 3.44. The van der Waals surface area contributed by atoms with Crippen LogP contribution in [0.2, 0.25) is 0 Å². The topological polar surface area (TPSA) is 59.9 Å². The predicted octanol–water partition coefficient (Wildman–Crippen LogP) is 3.06. The zero-order chi connectivity index (χ0) is 14.5. The second-order valence-corrected chi connectivity index (χ2v) is 4.64. The summed E-state index contributed by atoms with van der Waals surface area (Å²) in [7, 11) is 0. The van der Waals surface area contributed by atoms with E-state index in [2.05, 4.69) is 27.2 Å². The third-order valence-corrected chi connectivity index (χ3v) is 3.02. The summed E-state index contributed by atoms with van der Waals surface area (Å²) in [4.78, 5) is 12.9. The first-order valence-corrected chi connectivity index (χ1v) is 6.75. The molecule has 0 fully saturated rings. The van der Waals surface area contributed by atoms with E-state index in [9.17, 15) is 0 Å². The SMILES string of the molecule is CCOc1ccc(N[C@H](C)c2cnc(C)nc2C)cn1. The minimum absolute atomic E-state index is 0.121. The molecule has 0 radical (unpaired) electrons. The van der Waals surface area contributed by atoms with Crippen molar-refractivity contribution in [3.05, 3.63) is 41.6 Å². The van der Waals surface area contributed by atoms with Crippen LogP contribution in [0.4, 0.5) is 5.69 Å². The van der Waals surface area contributed by atoms with Gasteiger partial charge in [-0.25, -0.2) is 15.0 Å². The molecule has 1 N–H and O–H groups in total. The molecule has 0 saturated heterocycles. The summed E-state index contributed by atoms with van der Waals surface area (Å²) in [6, 6.07) is 3.94. The summed E-state index contributed by atoms with van der Waals surface area (Å²) in [5.74, 6) is 1.43. The van der Waals surface area contributed by atoms with Crippen LogP contribution < -0.4 is 10.1 Å². The van der Waals surface area contributed by atoms with Crippen LogP contribution in [0.15, 0.2) is 24.5 Å². The molecule has 0 spiro atoms. The molecule has 0 aliphatic rings. The fourth-order valence-corrected chi connectivity index (χ4v) is 2.04. The van der Waals surface area contributed by atoms with E-state index in [0.29, 0.717) is 12.5 Å². The number of nitrogens with one attached hydrogen (secondary N) is 1. The van der Waals surface area contributed by atoms with E-state index >= 15 is 0 Å². The first-order chi connectivity index (χ1) is 9.60. The largest absolute Gasteiger partial charge is 0.478 e. The van der Waals surface area contributed by atoms with Gasteiger partial charge in [0.15, 0.2) is 0 Å². The molecule has 0 saturated carbocycles. The van der Waals surface area contributed by atoms with Crippen molar-refractivity contribution >= 4 is 5.69 Å². The van der Waals surface area contributed by atoms with Gasteiger partial charge in [-0.05, 0) is 33.8 Å². The van der Waals surface area contributed by atoms with Gasteiger partial charge in [-0.2, -0.15) is 0 Å². The number of aryl methyl sites for hydroxylation is 2. The summed E-state index contributed by atoms with van der Waals surface area (Å²) in [6.07, 6.45) is 3.64. The Hall–Kier alpha value is -2.17. The van der Waals surface area contributed by atoms with Crippen molar-refractivity contribution in [1.29, 1.82) is 0 Å². The minimum atomic E-state index is 0.121. The molecule has 20 heavy (non-hydrogen) atoms. The lowest BCUT2D eigenvalue weighted by atomic mass is 10.1. The second kappa shape index (κ2) is 6.32. The van der Waals surface area contributed by atoms with Crippen molar-refractivity contribution in [2.24, 2.45) is 0 Å². The van der Waals surface area contributed by atoms with Crippen LogP contribution in [0.3, 0.4) is 0 Å². The number of nitrogens with zero attached hydrogens (tertiary/aromatic N) is 3. The number of ether oxygens (including phenoxy) is 1. The number of hydrogen-bond donors (Lipinski definition) is 1. The van der Waals surface area contributed by atoms with Gasteiger partial charge < -0.3 is 10.1 Å². The average Bonchev–Trinajstić information content (AvgIpc) is 2.41. The molecule has 0 amide bonds. The maximum atomic E-state index is 5.32. The van der Waals surface area contributed by atoms with Gasteiger partial charge >= 0.3 is 0 Å². The normalized spacial score (nSPS) is 12.0. The van der Waals surface area contributed by atoms with Crippen molar-refractivity contribution in [2.75, 3.05) is 11.9 Å². The number of aromatic nitrogens is 3. The van der Waals surface area contributed by atoms with E-state index in [1.807, 2.05) is 39.1 Å². The van der Waals surface area contributed by atoms with E-state index < -0.39 is 0 Å². The molecule has 106 valence electrons. The molecule has 0 unspecified atom stereocenters. The molecule has 2 aromatic heterocycles. The number of rotatable bonds is 5. The van der Waals surface area contributed by atoms with E-state index in [1.165, 1.54) is 0 Å². The number of pyridine rings is 1. The van der Waals surface area contributed by atoms with Gasteiger partial charge in [0.2, 0.25) is 5.88 Å². The second-order valence-electron chi connectivity index (χ2n) is 4.64. The molecule has 2 aromatic rings. The van der Waals surface area contributed by atoms with Gasteiger partial charge in [0.25, 0.3) is 0 Å². The molecule has 2 heterocycles. The standard InChI is InChI=1S/C15H20N4O/c1-5-20-15-7-6-13(8-17-15)19-11(3)14-9-16-12(4)18-10(14)2/h6-9,11,19H,5H2,1-4H3/t11-/m1/s1. The van der Waals surface area contributed by atoms with Crippen LogP contribution in [-0.4, -0.2) is 21.6 Å². The summed E-state index contributed by atoms with van der Waals surface area (Å²) >= 11 is 0. The Labute approximate surface area is 119 Å². The molecule has 0 bridgehead atoms. The van der Waals surface area contributed by atoms with Gasteiger partial charge in [0.05, 0.1) is 24.5 Å². The predicted molar refractivity (Wildman–Crippen MR) is 78.9 cm³/mol. The quantitative estimate of drug-likeness (QED) is 0.906. The van der Waals surface area contributed by atoms with E-state index in [4.69, 9.17) is 4.74 Å². The van der Waals surface area contributed by atoms with E-state index in [-0.39, 0.29) is 6.04 Å². The van der Waals surface area contributed by atoms with E-state index in [1.54, 1.807) is 6.20 Å². The van der Waals surface area contributed by atoms with Crippen molar-refractivity contribution in [3.8, 4) is 5.88 Å². The molecule has 5 heteroatoms. The average molecular weight is 272 g/mol. The zero-order valence-electron chi connectivity index (χ0n) is 12.3.